The van der Waals surface area contributed by atoms with Crippen LogP contribution in [0.3, 0.4) is 0 Å². The molecule has 1 aromatic heterocycles. The minimum atomic E-state index is -0.507. The van der Waals surface area contributed by atoms with E-state index in [2.05, 4.69) is 10.3 Å². The van der Waals surface area contributed by atoms with Crippen LogP contribution in [0.25, 0.3) is 6.08 Å². The molecule has 0 saturated carbocycles. The number of carbonyl (C=O) groups excluding carboxylic acids is 3. The minimum Gasteiger partial charge on any atom is -0.334 e. The maximum atomic E-state index is 12.3. The molecule has 118 valence electrons. The molecule has 1 aliphatic rings. The van der Waals surface area contributed by atoms with Gasteiger partial charge in [-0.3, -0.25) is 19.3 Å². The monoisotopic (exact) mass is 304 g/mol. The first-order valence-corrected chi connectivity index (χ1v) is 7.24. The number of amides is 3. The lowest BCUT2D eigenvalue weighted by Gasteiger charge is -2.25. The van der Waals surface area contributed by atoms with Crippen LogP contribution in [0.2, 0.25) is 0 Å². The van der Waals surface area contributed by atoms with Gasteiger partial charge in [-0.2, -0.15) is 0 Å². The Morgan fingerprint density at radius 3 is 2.68 bits per heavy atom. The predicted octanol–water partition coefficient (Wildman–Crippen LogP) is 0.872. The van der Waals surface area contributed by atoms with Gasteiger partial charge in [-0.1, -0.05) is 13.8 Å². The molecule has 1 aromatic rings. The van der Waals surface area contributed by atoms with Crippen LogP contribution < -0.4 is 5.32 Å². The molecule has 1 N–H and O–H groups in total. The van der Waals surface area contributed by atoms with Crippen LogP contribution in [0, 0.1) is 0 Å². The predicted molar refractivity (Wildman–Crippen MR) is 80.5 cm³/mol. The maximum absolute atomic E-state index is 12.3. The van der Waals surface area contributed by atoms with Gasteiger partial charge in [-0.25, -0.2) is 4.98 Å². The molecule has 2 rings (SSSR count). The Kier molecular flexibility index (Phi) is 4.44. The molecule has 0 aromatic carbocycles. The van der Waals surface area contributed by atoms with Gasteiger partial charge in [0.1, 0.15) is 12.2 Å². The number of rotatable bonds is 3. The Morgan fingerprint density at radius 2 is 2.14 bits per heavy atom. The van der Waals surface area contributed by atoms with E-state index in [4.69, 9.17) is 0 Å². The smallest absolute Gasteiger partial charge is 0.277 e. The summed E-state index contributed by atoms with van der Waals surface area (Å²) in [7, 11) is 0. The number of imide groups is 1. The van der Waals surface area contributed by atoms with Gasteiger partial charge in [0.2, 0.25) is 11.8 Å². The van der Waals surface area contributed by atoms with Crippen molar-refractivity contribution in [1.82, 2.24) is 19.8 Å². The van der Waals surface area contributed by atoms with Crippen molar-refractivity contribution in [3.05, 3.63) is 23.4 Å². The minimum absolute atomic E-state index is 0.0784. The van der Waals surface area contributed by atoms with Crippen LogP contribution in [-0.4, -0.2) is 38.7 Å². The van der Waals surface area contributed by atoms with Crippen molar-refractivity contribution in [2.24, 2.45) is 0 Å². The normalized spacial score (nSPS) is 17.3. The lowest BCUT2D eigenvalue weighted by molar-refractivity contribution is -0.147. The van der Waals surface area contributed by atoms with Crippen molar-refractivity contribution >= 4 is 23.8 Å². The molecule has 0 unspecified atom stereocenters. The zero-order valence-electron chi connectivity index (χ0n) is 13.2. The molecule has 7 heteroatoms. The number of nitrogens with one attached hydrogen (secondary N) is 1. The van der Waals surface area contributed by atoms with Crippen LogP contribution >= 0.6 is 0 Å². The Labute approximate surface area is 129 Å². The summed E-state index contributed by atoms with van der Waals surface area (Å²) in [6.45, 7) is 7.87. The Hall–Kier alpha value is -2.44. The van der Waals surface area contributed by atoms with Crippen molar-refractivity contribution in [3.8, 4) is 0 Å². The summed E-state index contributed by atoms with van der Waals surface area (Å²) in [5.41, 5.74) is 1.69. The summed E-state index contributed by atoms with van der Waals surface area (Å²) in [6, 6.07) is 0. The van der Waals surface area contributed by atoms with Crippen LogP contribution in [-0.2, 0) is 20.9 Å². The topological polar surface area (TPSA) is 84.3 Å². The first-order chi connectivity index (χ1) is 10.3. The van der Waals surface area contributed by atoms with Crippen molar-refractivity contribution < 1.29 is 14.4 Å². The first kappa shape index (κ1) is 15.9. The fourth-order valence-electron chi connectivity index (χ4n) is 2.49. The number of aryl methyl sites for hydroxylation is 1. The fraction of sp³-hybridized carbons (Fsp3) is 0.467. The van der Waals surface area contributed by atoms with Crippen LogP contribution in [0.5, 0.6) is 0 Å². The molecule has 1 fully saturated rings. The van der Waals surface area contributed by atoms with Gasteiger partial charge in [0.15, 0.2) is 0 Å². The third-order valence-corrected chi connectivity index (χ3v) is 3.51. The highest BCUT2D eigenvalue weighted by Crippen LogP contribution is 2.21. The van der Waals surface area contributed by atoms with E-state index in [1.165, 1.54) is 13.0 Å². The number of piperazine rings is 1. The first-order valence-electron chi connectivity index (χ1n) is 7.24. The number of nitrogens with zero attached hydrogens (tertiary/aromatic N) is 3. The molecule has 0 bridgehead atoms. The summed E-state index contributed by atoms with van der Waals surface area (Å²) >= 11 is 0. The second kappa shape index (κ2) is 6.13. The summed E-state index contributed by atoms with van der Waals surface area (Å²) in [6.07, 6.45) is 3.25. The molecule has 0 atom stereocenters. The van der Waals surface area contributed by atoms with Gasteiger partial charge < -0.3 is 9.88 Å². The van der Waals surface area contributed by atoms with Gasteiger partial charge in [0, 0.05) is 19.2 Å². The lowest BCUT2D eigenvalue weighted by atomic mass is 10.1. The lowest BCUT2D eigenvalue weighted by Crippen LogP contribution is -2.51. The Balaban J connectivity index is 2.44. The summed E-state index contributed by atoms with van der Waals surface area (Å²) in [5.74, 6) is -1.13. The quantitative estimate of drug-likeness (QED) is 0.840. The van der Waals surface area contributed by atoms with E-state index >= 15 is 0 Å². The van der Waals surface area contributed by atoms with Crippen molar-refractivity contribution in [2.45, 2.75) is 40.2 Å². The van der Waals surface area contributed by atoms with E-state index < -0.39 is 11.8 Å². The average molecular weight is 304 g/mol. The van der Waals surface area contributed by atoms with Gasteiger partial charge in [0.25, 0.3) is 5.91 Å². The standard InChI is InChI=1S/C15H20N4O3/c1-5-18-8-16-11(14(18)9(2)3)6-12-15(22)19(10(4)20)7-13(21)17-12/h6,8-9H,5,7H2,1-4H3,(H,17,21)/b12-6-. The molecule has 1 aliphatic heterocycles. The number of imidazole rings is 1. The zero-order chi connectivity index (χ0) is 16.4. The average Bonchev–Trinajstić information content (AvgIpc) is 2.85. The van der Waals surface area contributed by atoms with E-state index in [1.54, 1.807) is 6.33 Å². The Bertz CT molecular complexity index is 658. The molecule has 0 spiro atoms. The highest BCUT2D eigenvalue weighted by Gasteiger charge is 2.31. The molecule has 3 amide bonds. The van der Waals surface area contributed by atoms with E-state index in [0.29, 0.717) is 5.69 Å². The van der Waals surface area contributed by atoms with E-state index in [1.807, 2.05) is 25.3 Å². The molecule has 7 nitrogen and oxygen atoms in total. The van der Waals surface area contributed by atoms with Crippen molar-refractivity contribution in [1.29, 1.82) is 0 Å². The van der Waals surface area contributed by atoms with Gasteiger partial charge >= 0.3 is 0 Å². The molecule has 1 saturated heterocycles. The molecule has 2 heterocycles. The Morgan fingerprint density at radius 1 is 1.45 bits per heavy atom. The maximum Gasteiger partial charge on any atom is 0.277 e. The van der Waals surface area contributed by atoms with E-state index in [9.17, 15) is 14.4 Å². The second-order valence-electron chi connectivity index (χ2n) is 5.47. The highest BCUT2D eigenvalue weighted by atomic mass is 16.2. The van der Waals surface area contributed by atoms with Gasteiger partial charge in [0.05, 0.1) is 12.0 Å². The van der Waals surface area contributed by atoms with Crippen molar-refractivity contribution in [2.75, 3.05) is 6.54 Å². The van der Waals surface area contributed by atoms with Gasteiger partial charge in [-0.05, 0) is 18.9 Å². The molecular formula is C15H20N4O3. The largest absolute Gasteiger partial charge is 0.334 e. The molecular weight excluding hydrogens is 284 g/mol. The number of carbonyl (C=O) groups is 3. The summed E-state index contributed by atoms with van der Waals surface area (Å²) < 4.78 is 1.99. The van der Waals surface area contributed by atoms with Crippen molar-refractivity contribution in [3.63, 3.8) is 0 Å². The second-order valence-corrected chi connectivity index (χ2v) is 5.47. The highest BCUT2D eigenvalue weighted by molar-refractivity contribution is 6.12. The summed E-state index contributed by atoms with van der Waals surface area (Å²) in [5, 5.41) is 2.52. The number of hydrogen-bond acceptors (Lipinski definition) is 4. The third-order valence-electron chi connectivity index (χ3n) is 3.51. The van der Waals surface area contributed by atoms with E-state index in [-0.39, 0.29) is 24.1 Å². The molecule has 0 aliphatic carbocycles. The van der Waals surface area contributed by atoms with Crippen LogP contribution in [0.15, 0.2) is 12.0 Å². The molecule has 22 heavy (non-hydrogen) atoms. The third kappa shape index (κ3) is 2.93. The number of aromatic nitrogens is 2. The summed E-state index contributed by atoms with van der Waals surface area (Å²) in [4.78, 5) is 40.6. The van der Waals surface area contributed by atoms with Crippen LogP contribution in [0.1, 0.15) is 45.0 Å². The molecule has 0 radical (unpaired) electrons. The van der Waals surface area contributed by atoms with E-state index in [0.717, 1.165) is 17.1 Å². The fourth-order valence-corrected chi connectivity index (χ4v) is 2.49. The van der Waals surface area contributed by atoms with Crippen LogP contribution in [0.4, 0.5) is 0 Å². The number of hydrogen-bond donors (Lipinski definition) is 1. The SMILES string of the molecule is CCn1cnc(/C=C2\NC(=O)CN(C(C)=O)C2=O)c1C(C)C. The zero-order valence-corrected chi connectivity index (χ0v) is 13.2. The van der Waals surface area contributed by atoms with Gasteiger partial charge in [-0.15, -0.1) is 0 Å².